The first kappa shape index (κ1) is 19.6. The molecule has 0 saturated carbocycles. The van der Waals surface area contributed by atoms with E-state index in [-0.39, 0.29) is 24.2 Å². The minimum atomic E-state index is -0.0804. The minimum absolute atomic E-state index is 0.00367. The lowest BCUT2D eigenvalue weighted by molar-refractivity contribution is -0.131. The van der Waals surface area contributed by atoms with Gasteiger partial charge < -0.3 is 20.3 Å². The van der Waals surface area contributed by atoms with Gasteiger partial charge in [-0.25, -0.2) is 9.97 Å². The molecule has 8 heteroatoms. The molecule has 2 N–H and O–H groups in total. The number of anilines is 1. The molecule has 1 aromatic carbocycles. The number of hydrogen-bond donors (Lipinski definition) is 1. The van der Waals surface area contributed by atoms with Crippen molar-refractivity contribution in [3.8, 4) is 5.75 Å². The lowest BCUT2D eigenvalue weighted by atomic mass is 10.1. The van der Waals surface area contributed by atoms with E-state index < -0.39 is 0 Å². The van der Waals surface area contributed by atoms with E-state index in [2.05, 4.69) is 9.97 Å². The number of carbonyl (C=O) groups excluding carboxylic acids is 2. The Labute approximate surface area is 164 Å². The molecule has 0 atom stereocenters. The number of nitrogens with zero attached hydrogens (tertiary/aromatic N) is 4. The molecule has 148 valence electrons. The molecule has 0 unspecified atom stereocenters. The van der Waals surface area contributed by atoms with Crippen molar-refractivity contribution >= 4 is 17.8 Å². The maximum atomic E-state index is 12.8. The van der Waals surface area contributed by atoms with Crippen molar-refractivity contribution in [3.05, 3.63) is 46.8 Å². The average molecular weight is 383 g/mol. The van der Waals surface area contributed by atoms with Gasteiger partial charge in [0, 0.05) is 43.1 Å². The van der Waals surface area contributed by atoms with E-state index in [1.165, 1.54) is 0 Å². The number of piperazine rings is 1. The van der Waals surface area contributed by atoms with Crippen LogP contribution in [0.3, 0.4) is 0 Å². The van der Waals surface area contributed by atoms with E-state index >= 15 is 0 Å². The van der Waals surface area contributed by atoms with E-state index in [4.69, 9.17) is 10.5 Å². The summed E-state index contributed by atoms with van der Waals surface area (Å²) in [5.74, 6) is 0.696. The largest absolute Gasteiger partial charge is 0.496 e. The van der Waals surface area contributed by atoms with Gasteiger partial charge >= 0.3 is 0 Å². The van der Waals surface area contributed by atoms with E-state index in [1.54, 1.807) is 29.0 Å². The molecule has 1 saturated heterocycles. The quantitative estimate of drug-likeness (QED) is 0.852. The van der Waals surface area contributed by atoms with Gasteiger partial charge in [-0.05, 0) is 26.0 Å². The number of para-hydroxylation sites is 1. The summed E-state index contributed by atoms with van der Waals surface area (Å²) in [5, 5.41) is 0. The highest BCUT2D eigenvalue weighted by molar-refractivity contribution is 5.97. The van der Waals surface area contributed by atoms with E-state index in [0.29, 0.717) is 37.5 Å². The van der Waals surface area contributed by atoms with Gasteiger partial charge in [0.15, 0.2) is 0 Å². The molecular formula is C20H25N5O3. The molecule has 8 nitrogen and oxygen atoms in total. The van der Waals surface area contributed by atoms with Crippen LogP contribution >= 0.6 is 0 Å². The van der Waals surface area contributed by atoms with Gasteiger partial charge in [0.05, 0.1) is 19.1 Å². The predicted molar refractivity (Wildman–Crippen MR) is 105 cm³/mol. The number of aryl methyl sites for hydroxylation is 2. The number of hydrogen-bond acceptors (Lipinski definition) is 6. The van der Waals surface area contributed by atoms with Gasteiger partial charge in [-0.1, -0.05) is 12.1 Å². The molecule has 1 aromatic heterocycles. The lowest BCUT2D eigenvalue weighted by Gasteiger charge is -2.35. The number of methoxy groups -OCH3 is 1. The van der Waals surface area contributed by atoms with Crippen molar-refractivity contribution in [2.24, 2.45) is 0 Å². The Morgan fingerprint density at radius 1 is 1.04 bits per heavy atom. The topological polar surface area (TPSA) is 102 Å². The van der Waals surface area contributed by atoms with Crippen LogP contribution in [0.1, 0.15) is 27.3 Å². The Bertz CT molecular complexity index is 868. The van der Waals surface area contributed by atoms with Crippen LogP contribution < -0.4 is 10.5 Å². The monoisotopic (exact) mass is 383 g/mol. The summed E-state index contributed by atoms with van der Waals surface area (Å²) in [4.78, 5) is 37.3. The highest BCUT2D eigenvalue weighted by Gasteiger charge is 2.27. The number of carbonyl (C=O) groups is 2. The molecule has 0 aliphatic carbocycles. The molecular weight excluding hydrogens is 358 g/mol. The van der Waals surface area contributed by atoms with Crippen LogP contribution in [-0.4, -0.2) is 64.9 Å². The summed E-state index contributed by atoms with van der Waals surface area (Å²) in [5.41, 5.74) is 8.45. The number of ether oxygens (including phenoxy) is 1. The molecule has 0 bridgehead atoms. The third-order valence-corrected chi connectivity index (χ3v) is 5.02. The minimum Gasteiger partial charge on any atom is -0.496 e. The lowest BCUT2D eigenvalue weighted by Crippen LogP contribution is -2.51. The maximum absolute atomic E-state index is 12.8. The number of amides is 2. The van der Waals surface area contributed by atoms with Gasteiger partial charge in [0.25, 0.3) is 5.91 Å². The second-order valence-electron chi connectivity index (χ2n) is 6.78. The first-order chi connectivity index (χ1) is 13.4. The Morgan fingerprint density at radius 3 is 2.21 bits per heavy atom. The van der Waals surface area contributed by atoms with Gasteiger partial charge in [0.1, 0.15) is 5.75 Å². The normalized spacial score (nSPS) is 14.1. The highest BCUT2D eigenvalue weighted by Crippen LogP contribution is 2.20. The molecule has 2 heterocycles. The number of rotatable bonds is 4. The summed E-state index contributed by atoms with van der Waals surface area (Å²) in [6.45, 7) is 5.62. The van der Waals surface area contributed by atoms with E-state index in [0.717, 1.165) is 17.0 Å². The van der Waals surface area contributed by atoms with Crippen molar-refractivity contribution < 1.29 is 14.3 Å². The van der Waals surface area contributed by atoms with E-state index in [1.807, 2.05) is 26.0 Å². The fourth-order valence-corrected chi connectivity index (χ4v) is 3.43. The number of benzene rings is 1. The third kappa shape index (κ3) is 4.05. The van der Waals surface area contributed by atoms with Crippen molar-refractivity contribution in [1.29, 1.82) is 0 Å². The maximum Gasteiger partial charge on any atom is 0.257 e. The zero-order valence-corrected chi connectivity index (χ0v) is 16.4. The number of aromatic nitrogens is 2. The van der Waals surface area contributed by atoms with Crippen LogP contribution in [0.4, 0.5) is 5.95 Å². The molecule has 1 aliphatic heterocycles. The van der Waals surface area contributed by atoms with Crippen LogP contribution in [-0.2, 0) is 11.2 Å². The fourth-order valence-electron chi connectivity index (χ4n) is 3.43. The second kappa shape index (κ2) is 8.24. The summed E-state index contributed by atoms with van der Waals surface area (Å²) in [6, 6.07) is 7.17. The average Bonchev–Trinajstić information content (AvgIpc) is 2.70. The van der Waals surface area contributed by atoms with Crippen LogP contribution in [0.2, 0.25) is 0 Å². The van der Waals surface area contributed by atoms with Crippen LogP contribution in [0.15, 0.2) is 24.3 Å². The highest BCUT2D eigenvalue weighted by atomic mass is 16.5. The molecule has 1 fully saturated rings. The van der Waals surface area contributed by atoms with Crippen molar-refractivity contribution in [3.63, 3.8) is 0 Å². The molecule has 2 amide bonds. The van der Waals surface area contributed by atoms with Gasteiger partial charge in [0.2, 0.25) is 11.9 Å². The van der Waals surface area contributed by atoms with Crippen LogP contribution in [0.25, 0.3) is 0 Å². The van der Waals surface area contributed by atoms with Gasteiger partial charge in [-0.15, -0.1) is 0 Å². The second-order valence-corrected chi connectivity index (χ2v) is 6.78. The molecule has 28 heavy (non-hydrogen) atoms. The number of nitrogen functional groups attached to an aromatic ring is 1. The first-order valence-corrected chi connectivity index (χ1v) is 9.20. The first-order valence-electron chi connectivity index (χ1n) is 9.20. The van der Waals surface area contributed by atoms with Gasteiger partial charge in [-0.3, -0.25) is 9.59 Å². The summed E-state index contributed by atoms with van der Waals surface area (Å²) >= 11 is 0. The fraction of sp³-hybridized carbons (Fsp3) is 0.400. The Morgan fingerprint density at radius 2 is 1.61 bits per heavy atom. The van der Waals surface area contributed by atoms with E-state index in [9.17, 15) is 9.59 Å². The third-order valence-electron chi connectivity index (χ3n) is 5.02. The van der Waals surface area contributed by atoms with Crippen LogP contribution in [0, 0.1) is 13.8 Å². The molecule has 1 aliphatic rings. The molecule has 0 spiro atoms. The molecule has 2 aromatic rings. The zero-order chi connectivity index (χ0) is 20.3. The van der Waals surface area contributed by atoms with Crippen LogP contribution in [0.5, 0.6) is 5.75 Å². The standard InChI is InChI=1S/C20H25N5O3/c1-13-16(14(2)23-20(21)22-13)12-18(26)24-8-10-25(11-9-24)19(27)15-6-4-5-7-17(15)28-3/h4-7H,8-12H2,1-3H3,(H2,21,22,23). The number of nitrogens with two attached hydrogens (primary N) is 1. The van der Waals surface area contributed by atoms with Crippen molar-refractivity contribution in [2.75, 3.05) is 39.0 Å². The Kier molecular flexibility index (Phi) is 5.77. The summed E-state index contributed by atoms with van der Waals surface area (Å²) in [7, 11) is 1.55. The van der Waals surface area contributed by atoms with Crippen molar-refractivity contribution in [1.82, 2.24) is 19.8 Å². The Hall–Kier alpha value is -3.16. The zero-order valence-electron chi connectivity index (χ0n) is 16.4. The SMILES string of the molecule is COc1ccccc1C(=O)N1CCN(C(=O)Cc2c(C)nc(N)nc2C)CC1. The smallest absolute Gasteiger partial charge is 0.257 e. The summed E-state index contributed by atoms with van der Waals surface area (Å²) in [6.07, 6.45) is 0.235. The molecule has 3 rings (SSSR count). The molecule has 0 radical (unpaired) electrons. The van der Waals surface area contributed by atoms with Gasteiger partial charge in [-0.2, -0.15) is 0 Å². The predicted octanol–water partition coefficient (Wildman–Crippen LogP) is 1.21. The summed E-state index contributed by atoms with van der Waals surface area (Å²) < 4.78 is 5.28. The van der Waals surface area contributed by atoms with Crippen molar-refractivity contribution in [2.45, 2.75) is 20.3 Å². The Balaban J connectivity index is 1.62.